The second-order valence-corrected chi connectivity index (χ2v) is 7.83. The lowest BCUT2D eigenvalue weighted by molar-refractivity contribution is -0.110. The van der Waals surface area contributed by atoms with Crippen LogP contribution in [-0.4, -0.2) is 60.5 Å². The molecule has 1 aromatic heterocycles. The van der Waals surface area contributed by atoms with Crippen molar-refractivity contribution in [2.75, 3.05) is 45.1 Å². The lowest BCUT2D eigenvalue weighted by Crippen LogP contribution is -2.45. The van der Waals surface area contributed by atoms with Crippen molar-refractivity contribution in [3.05, 3.63) is 58.7 Å². The van der Waals surface area contributed by atoms with E-state index in [2.05, 4.69) is 22.2 Å². The van der Waals surface area contributed by atoms with Crippen molar-refractivity contribution in [2.45, 2.75) is 13.0 Å². The zero-order valence-corrected chi connectivity index (χ0v) is 16.4. The van der Waals surface area contributed by atoms with Crippen LogP contribution in [0.5, 0.6) is 0 Å². The maximum atomic E-state index is 13.7. The number of benzene rings is 1. The summed E-state index contributed by atoms with van der Waals surface area (Å²) in [6.07, 6.45) is 0.886. The molecule has 150 valence electrons. The molecule has 0 radical (unpaired) electrons. The van der Waals surface area contributed by atoms with Crippen LogP contribution in [0.4, 0.5) is 10.1 Å². The summed E-state index contributed by atoms with van der Waals surface area (Å²) in [7, 11) is 2.16. The first-order valence-electron chi connectivity index (χ1n) is 9.97. The van der Waals surface area contributed by atoms with Crippen molar-refractivity contribution in [1.82, 2.24) is 14.8 Å². The number of anilines is 1. The molecule has 5 rings (SSSR count). The van der Waals surface area contributed by atoms with Crippen molar-refractivity contribution >= 4 is 22.9 Å². The number of amides is 1. The molecule has 29 heavy (non-hydrogen) atoms. The second kappa shape index (κ2) is 7.24. The summed E-state index contributed by atoms with van der Waals surface area (Å²) in [5, 5.41) is 2.78. The van der Waals surface area contributed by atoms with Crippen LogP contribution in [0, 0.1) is 5.82 Å². The van der Waals surface area contributed by atoms with Crippen molar-refractivity contribution in [3.63, 3.8) is 0 Å². The third kappa shape index (κ3) is 3.41. The Morgan fingerprint density at radius 2 is 1.97 bits per heavy atom. The van der Waals surface area contributed by atoms with Gasteiger partial charge < -0.3 is 19.9 Å². The molecule has 1 amide bonds. The van der Waals surface area contributed by atoms with Crippen molar-refractivity contribution in [2.24, 2.45) is 0 Å². The van der Waals surface area contributed by atoms with Gasteiger partial charge in [0, 0.05) is 61.7 Å². The van der Waals surface area contributed by atoms with Crippen LogP contribution in [0.2, 0.25) is 0 Å². The highest BCUT2D eigenvalue weighted by molar-refractivity contribution is 6.36. The highest BCUT2D eigenvalue weighted by atomic mass is 19.1. The fourth-order valence-corrected chi connectivity index (χ4v) is 4.14. The van der Waals surface area contributed by atoms with Gasteiger partial charge in [-0.15, -0.1) is 0 Å². The topological polar surface area (TPSA) is 57.7 Å². The van der Waals surface area contributed by atoms with Crippen LogP contribution < -0.4 is 5.32 Å². The normalized spacial score (nSPS) is 21.7. The summed E-state index contributed by atoms with van der Waals surface area (Å²) in [5.74, 6) is -0.165. The Kier molecular flexibility index (Phi) is 4.56. The lowest BCUT2D eigenvalue weighted by Gasteiger charge is -2.32. The molecule has 6 nitrogen and oxygen atoms in total. The smallest absolute Gasteiger partial charge is 0.260 e. The van der Waals surface area contributed by atoms with Gasteiger partial charge in [0.2, 0.25) is 0 Å². The molecule has 7 heteroatoms. The molecule has 2 aromatic rings. The summed E-state index contributed by atoms with van der Waals surface area (Å²) in [4.78, 5) is 22.1. The van der Waals surface area contributed by atoms with Crippen LogP contribution in [0.15, 0.2) is 30.3 Å². The standard InChI is InChI=1S/C22H23FN4O2/c1-26-8-10-27(11-9-26)7-6-15-3-4-16-19(24-15)13-29-21(16)20-17-12-14(23)2-5-18(17)25-22(20)28/h2-5,12H,6-11,13H2,1H3,(H,25,28)/b21-20+. The number of nitrogens with one attached hydrogen (secondary N) is 1. The van der Waals surface area contributed by atoms with Gasteiger partial charge in [-0.25, -0.2) is 4.39 Å². The molecule has 1 saturated heterocycles. The summed E-state index contributed by atoms with van der Waals surface area (Å²) < 4.78 is 19.6. The molecule has 1 N–H and O–H groups in total. The first-order chi connectivity index (χ1) is 14.1. The molecule has 3 aliphatic rings. The minimum atomic E-state index is -0.381. The molecule has 3 aliphatic heterocycles. The Hall–Kier alpha value is -2.77. The number of rotatable bonds is 3. The van der Waals surface area contributed by atoms with Crippen molar-refractivity contribution in [3.8, 4) is 0 Å². The predicted molar refractivity (Wildman–Crippen MR) is 109 cm³/mol. The Bertz CT molecular complexity index is 1010. The summed E-state index contributed by atoms with van der Waals surface area (Å²) >= 11 is 0. The maximum absolute atomic E-state index is 13.7. The molecule has 1 fully saturated rings. The second-order valence-electron chi connectivity index (χ2n) is 7.83. The maximum Gasteiger partial charge on any atom is 0.260 e. The largest absolute Gasteiger partial charge is 0.486 e. The van der Waals surface area contributed by atoms with Crippen LogP contribution in [0.3, 0.4) is 0 Å². The van der Waals surface area contributed by atoms with Gasteiger partial charge in [-0.05, 0) is 37.4 Å². The van der Waals surface area contributed by atoms with E-state index in [-0.39, 0.29) is 11.7 Å². The predicted octanol–water partition coefficient (Wildman–Crippen LogP) is 2.36. The Morgan fingerprint density at radius 3 is 2.79 bits per heavy atom. The van der Waals surface area contributed by atoms with Gasteiger partial charge in [-0.3, -0.25) is 9.78 Å². The zero-order valence-electron chi connectivity index (χ0n) is 16.4. The number of aromatic nitrogens is 1. The molecule has 0 atom stereocenters. The van der Waals surface area contributed by atoms with Gasteiger partial charge in [0.15, 0.2) is 0 Å². The van der Waals surface area contributed by atoms with Crippen molar-refractivity contribution in [1.29, 1.82) is 0 Å². The van der Waals surface area contributed by atoms with Crippen molar-refractivity contribution < 1.29 is 13.9 Å². The van der Waals surface area contributed by atoms with E-state index >= 15 is 0 Å². The molecular formula is C22H23FN4O2. The number of carbonyl (C=O) groups is 1. The fourth-order valence-electron chi connectivity index (χ4n) is 4.14. The Labute approximate surface area is 169 Å². The third-order valence-corrected chi connectivity index (χ3v) is 5.86. The first kappa shape index (κ1) is 18.3. The van der Waals surface area contributed by atoms with E-state index in [1.807, 2.05) is 12.1 Å². The quantitative estimate of drug-likeness (QED) is 0.810. The highest BCUT2D eigenvalue weighted by Crippen LogP contribution is 2.41. The first-order valence-corrected chi connectivity index (χ1v) is 9.97. The molecule has 0 saturated carbocycles. The summed E-state index contributed by atoms with van der Waals surface area (Å²) in [6, 6.07) is 8.26. The lowest BCUT2D eigenvalue weighted by atomic mass is 10.0. The summed E-state index contributed by atoms with van der Waals surface area (Å²) in [6.45, 7) is 5.70. The molecule has 0 bridgehead atoms. The van der Waals surface area contributed by atoms with Gasteiger partial charge in [0.05, 0.1) is 11.3 Å². The third-order valence-electron chi connectivity index (χ3n) is 5.86. The number of carbonyl (C=O) groups excluding carboxylic acids is 1. The number of piperazine rings is 1. The van der Waals surface area contributed by atoms with E-state index in [4.69, 9.17) is 9.72 Å². The van der Waals surface area contributed by atoms with Gasteiger partial charge in [-0.2, -0.15) is 0 Å². The minimum absolute atomic E-state index is 0.271. The number of nitrogens with zero attached hydrogens (tertiary/aromatic N) is 3. The van der Waals surface area contributed by atoms with Crippen LogP contribution in [0.25, 0.3) is 11.3 Å². The Morgan fingerprint density at radius 1 is 1.14 bits per heavy atom. The molecule has 4 heterocycles. The number of pyridine rings is 1. The van der Waals surface area contributed by atoms with E-state index < -0.39 is 0 Å². The molecule has 0 spiro atoms. The van der Waals surface area contributed by atoms with Gasteiger partial charge in [0.1, 0.15) is 18.2 Å². The highest BCUT2D eigenvalue weighted by Gasteiger charge is 2.33. The number of fused-ring (bicyclic) bond motifs is 2. The van der Waals surface area contributed by atoms with Crippen LogP contribution in [-0.2, 0) is 22.6 Å². The average molecular weight is 394 g/mol. The molecule has 0 unspecified atom stereocenters. The van der Waals surface area contributed by atoms with Crippen LogP contribution in [0.1, 0.15) is 22.5 Å². The average Bonchev–Trinajstić information content (AvgIpc) is 3.26. The van der Waals surface area contributed by atoms with Gasteiger partial charge in [0.25, 0.3) is 5.91 Å². The van der Waals surface area contributed by atoms with E-state index in [9.17, 15) is 9.18 Å². The summed E-state index contributed by atoms with van der Waals surface area (Å²) in [5.41, 5.74) is 4.20. The number of hydrogen-bond acceptors (Lipinski definition) is 5. The van der Waals surface area contributed by atoms with Crippen LogP contribution >= 0.6 is 0 Å². The zero-order chi connectivity index (χ0) is 20.0. The van der Waals surface area contributed by atoms with E-state index in [0.29, 0.717) is 29.2 Å². The fraction of sp³-hybridized carbons (Fsp3) is 0.364. The molecular weight excluding hydrogens is 371 g/mol. The minimum Gasteiger partial charge on any atom is -0.486 e. The van der Waals surface area contributed by atoms with E-state index in [1.54, 1.807) is 6.07 Å². The SMILES string of the molecule is CN1CCN(CCc2ccc3c(n2)CO/C3=C2/C(=O)Nc3ccc(F)cc32)CC1. The van der Waals surface area contributed by atoms with E-state index in [0.717, 1.165) is 56.1 Å². The van der Waals surface area contributed by atoms with Gasteiger partial charge in [-0.1, -0.05) is 0 Å². The number of likely N-dealkylation sites (N-methyl/N-ethyl adjacent to an activating group) is 1. The molecule has 1 aromatic carbocycles. The number of ether oxygens (including phenoxy) is 1. The monoisotopic (exact) mass is 394 g/mol. The van der Waals surface area contributed by atoms with Gasteiger partial charge >= 0.3 is 0 Å². The van der Waals surface area contributed by atoms with E-state index in [1.165, 1.54) is 12.1 Å². The number of halogens is 1. The number of hydrogen-bond donors (Lipinski definition) is 1. The Balaban J connectivity index is 1.38. The molecule has 0 aliphatic carbocycles.